The lowest BCUT2D eigenvalue weighted by Gasteiger charge is -2.19. The van der Waals surface area contributed by atoms with E-state index >= 15 is 0 Å². The molecule has 1 heterocycles. The number of carboxylic acids is 1. The van der Waals surface area contributed by atoms with Gasteiger partial charge in [-0.2, -0.15) is 0 Å². The second kappa shape index (κ2) is 7.86. The number of rotatable bonds is 6. The maximum Gasteiger partial charge on any atom is 0.312 e. The highest BCUT2D eigenvalue weighted by Gasteiger charge is 2.21. The van der Waals surface area contributed by atoms with Gasteiger partial charge in [0.15, 0.2) is 11.5 Å². The second-order valence-corrected chi connectivity index (χ2v) is 5.90. The van der Waals surface area contributed by atoms with Crippen LogP contribution in [0.4, 0.5) is 4.39 Å². The topological polar surface area (TPSA) is 84.9 Å². The smallest absolute Gasteiger partial charge is 0.312 e. The summed E-state index contributed by atoms with van der Waals surface area (Å²) >= 11 is 0. The van der Waals surface area contributed by atoms with E-state index in [4.69, 9.17) is 9.47 Å². The van der Waals surface area contributed by atoms with E-state index in [1.807, 2.05) is 0 Å². The number of aliphatic carboxylic acids is 1. The molecule has 2 N–H and O–H groups in total. The van der Waals surface area contributed by atoms with Crippen LogP contribution in [0.2, 0.25) is 0 Å². The molecule has 0 aromatic heterocycles. The van der Waals surface area contributed by atoms with Crippen molar-refractivity contribution in [3.63, 3.8) is 0 Å². The lowest BCUT2D eigenvalue weighted by Crippen LogP contribution is -2.32. The van der Waals surface area contributed by atoms with Crippen LogP contribution in [-0.2, 0) is 16.0 Å². The molecule has 2 aromatic rings. The maximum absolute atomic E-state index is 13.0. The molecule has 136 valence electrons. The number of carboxylic acid groups (broad SMARTS) is 1. The Bertz CT molecular complexity index is 806. The fourth-order valence-electron chi connectivity index (χ4n) is 2.70. The average Bonchev–Trinajstić information content (AvgIpc) is 2.63. The number of amides is 1. The van der Waals surface area contributed by atoms with Gasteiger partial charge in [0.2, 0.25) is 5.91 Å². The highest BCUT2D eigenvalue weighted by Crippen LogP contribution is 2.30. The molecule has 0 radical (unpaired) electrons. The number of nitrogens with one attached hydrogen (secondary N) is 1. The standard InChI is InChI=1S/C19H18FNO5/c20-14-4-2-13(3-5-14)15(19(23)24)11-21-18(22)10-12-1-6-16-17(9-12)26-8-7-25-16/h1-6,9,15H,7-8,10-11H2,(H,21,22)(H,23,24). The van der Waals surface area contributed by atoms with Crippen molar-refractivity contribution >= 4 is 11.9 Å². The summed E-state index contributed by atoms with van der Waals surface area (Å²) in [7, 11) is 0. The third kappa shape index (κ3) is 4.30. The summed E-state index contributed by atoms with van der Waals surface area (Å²) < 4.78 is 23.9. The maximum atomic E-state index is 13.0. The first-order valence-electron chi connectivity index (χ1n) is 8.16. The second-order valence-electron chi connectivity index (χ2n) is 5.90. The summed E-state index contributed by atoms with van der Waals surface area (Å²) in [5.41, 5.74) is 1.17. The molecule has 3 rings (SSSR count). The molecule has 1 aliphatic heterocycles. The number of ether oxygens (including phenoxy) is 2. The Morgan fingerprint density at radius 3 is 2.46 bits per heavy atom. The Morgan fingerprint density at radius 2 is 1.77 bits per heavy atom. The van der Waals surface area contributed by atoms with Gasteiger partial charge in [-0.05, 0) is 35.4 Å². The zero-order valence-corrected chi connectivity index (χ0v) is 13.9. The van der Waals surface area contributed by atoms with Gasteiger partial charge in [-0.1, -0.05) is 18.2 Å². The minimum atomic E-state index is -1.09. The van der Waals surface area contributed by atoms with E-state index < -0.39 is 17.7 Å². The van der Waals surface area contributed by atoms with Gasteiger partial charge in [0, 0.05) is 6.54 Å². The Hall–Kier alpha value is -3.09. The van der Waals surface area contributed by atoms with Crippen molar-refractivity contribution in [3.8, 4) is 11.5 Å². The molecular formula is C19H18FNO5. The zero-order chi connectivity index (χ0) is 18.5. The lowest BCUT2D eigenvalue weighted by atomic mass is 9.99. The van der Waals surface area contributed by atoms with Crippen LogP contribution >= 0.6 is 0 Å². The Morgan fingerprint density at radius 1 is 1.08 bits per heavy atom. The minimum absolute atomic E-state index is 0.0790. The number of fused-ring (bicyclic) bond motifs is 1. The molecule has 7 heteroatoms. The fraction of sp³-hybridized carbons (Fsp3) is 0.263. The Labute approximate surface area is 149 Å². The van der Waals surface area contributed by atoms with E-state index in [1.165, 1.54) is 24.3 Å². The van der Waals surface area contributed by atoms with E-state index in [-0.39, 0.29) is 18.9 Å². The van der Waals surface area contributed by atoms with Crippen molar-refractivity contribution in [1.82, 2.24) is 5.32 Å². The number of hydrogen-bond donors (Lipinski definition) is 2. The van der Waals surface area contributed by atoms with Gasteiger partial charge >= 0.3 is 5.97 Å². The van der Waals surface area contributed by atoms with Gasteiger partial charge in [-0.3, -0.25) is 9.59 Å². The van der Waals surface area contributed by atoms with Crippen LogP contribution in [0.3, 0.4) is 0 Å². The van der Waals surface area contributed by atoms with Crippen LogP contribution in [0.15, 0.2) is 42.5 Å². The molecule has 0 bridgehead atoms. The van der Waals surface area contributed by atoms with Crippen LogP contribution < -0.4 is 14.8 Å². The summed E-state index contributed by atoms with van der Waals surface area (Å²) in [5.74, 6) is -1.55. The van der Waals surface area contributed by atoms with Gasteiger partial charge in [-0.25, -0.2) is 4.39 Å². The van der Waals surface area contributed by atoms with Crippen LogP contribution in [0, 0.1) is 5.82 Å². The Kier molecular flexibility index (Phi) is 5.36. The van der Waals surface area contributed by atoms with Crippen molar-refractivity contribution in [3.05, 3.63) is 59.4 Å². The summed E-state index contributed by atoms with van der Waals surface area (Å²) in [4.78, 5) is 23.6. The molecule has 0 saturated heterocycles. The third-order valence-corrected chi connectivity index (χ3v) is 4.05. The predicted molar refractivity (Wildman–Crippen MR) is 90.9 cm³/mol. The molecule has 6 nitrogen and oxygen atoms in total. The molecule has 2 aromatic carbocycles. The molecule has 0 aliphatic carbocycles. The summed E-state index contributed by atoms with van der Waals surface area (Å²) in [5, 5.41) is 12.0. The predicted octanol–water partition coefficient (Wildman–Crippen LogP) is 2.12. The molecule has 1 amide bonds. The number of carbonyl (C=O) groups is 2. The Balaban J connectivity index is 1.60. The quantitative estimate of drug-likeness (QED) is 0.825. The highest BCUT2D eigenvalue weighted by molar-refractivity contribution is 5.81. The van der Waals surface area contributed by atoms with Gasteiger partial charge < -0.3 is 19.9 Å². The summed E-state index contributed by atoms with van der Waals surface area (Å²) in [6, 6.07) is 10.5. The molecule has 1 atom stereocenters. The molecule has 26 heavy (non-hydrogen) atoms. The van der Waals surface area contributed by atoms with E-state index in [9.17, 15) is 19.1 Å². The van der Waals surface area contributed by atoms with E-state index in [2.05, 4.69) is 5.32 Å². The zero-order valence-electron chi connectivity index (χ0n) is 13.9. The van der Waals surface area contributed by atoms with E-state index in [0.717, 1.165) is 5.56 Å². The van der Waals surface area contributed by atoms with Crippen LogP contribution in [0.5, 0.6) is 11.5 Å². The number of hydrogen-bond acceptors (Lipinski definition) is 4. The molecule has 1 aliphatic rings. The fourth-order valence-corrected chi connectivity index (χ4v) is 2.70. The molecular weight excluding hydrogens is 341 g/mol. The highest BCUT2D eigenvalue weighted by atomic mass is 19.1. The first-order valence-corrected chi connectivity index (χ1v) is 8.16. The SMILES string of the molecule is O=C(Cc1ccc2c(c1)OCCO2)NCC(C(=O)O)c1ccc(F)cc1. The van der Waals surface area contributed by atoms with Crippen molar-refractivity contribution < 1.29 is 28.6 Å². The summed E-state index contributed by atoms with van der Waals surface area (Å²) in [6.07, 6.45) is 0.0897. The normalized spacial score (nSPS) is 13.7. The van der Waals surface area contributed by atoms with Crippen LogP contribution in [0.25, 0.3) is 0 Å². The first kappa shape index (κ1) is 17.7. The lowest BCUT2D eigenvalue weighted by molar-refractivity contribution is -0.138. The van der Waals surface area contributed by atoms with Crippen LogP contribution in [-0.4, -0.2) is 36.7 Å². The van der Waals surface area contributed by atoms with Gasteiger partial charge in [0.05, 0.1) is 12.3 Å². The monoisotopic (exact) mass is 359 g/mol. The van der Waals surface area contributed by atoms with Crippen molar-refractivity contribution in [1.29, 1.82) is 0 Å². The molecule has 1 unspecified atom stereocenters. The first-order chi connectivity index (χ1) is 12.5. The van der Waals surface area contributed by atoms with E-state index in [0.29, 0.717) is 30.3 Å². The van der Waals surface area contributed by atoms with Gasteiger partial charge in [-0.15, -0.1) is 0 Å². The average molecular weight is 359 g/mol. The van der Waals surface area contributed by atoms with Crippen molar-refractivity contribution in [2.45, 2.75) is 12.3 Å². The molecule has 0 saturated carbocycles. The van der Waals surface area contributed by atoms with Gasteiger partial charge in [0.25, 0.3) is 0 Å². The van der Waals surface area contributed by atoms with Crippen molar-refractivity contribution in [2.75, 3.05) is 19.8 Å². The largest absolute Gasteiger partial charge is 0.486 e. The molecule has 0 spiro atoms. The van der Waals surface area contributed by atoms with E-state index in [1.54, 1.807) is 18.2 Å². The van der Waals surface area contributed by atoms with Gasteiger partial charge in [0.1, 0.15) is 19.0 Å². The number of benzene rings is 2. The number of carbonyl (C=O) groups excluding carboxylic acids is 1. The van der Waals surface area contributed by atoms with Crippen molar-refractivity contribution in [2.24, 2.45) is 0 Å². The van der Waals surface area contributed by atoms with Crippen LogP contribution in [0.1, 0.15) is 17.0 Å². The minimum Gasteiger partial charge on any atom is -0.486 e. The third-order valence-electron chi connectivity index (χ3n) is 4.05. The number of halogens is 1. The molecule has 0 fully saturated rings. The summed E-state index contributed by atoms with van der Waals surface area (Å²) in [6.45, 7) is 0.873.